The first kappa shape index (κ1) is 15.8. The van der Waals surface area contributed by atoms with Crippen LogP contribution in [0.4, 0.5) is 5.69 Å². The van der Waals surface area contributed by atoms with E-state index >= 15 is 0 Å². The van der Waals surface area contributed by atoms with Gasteiger partial charge in [0.25, 0.3) is 11.6 Å². The molecule has 1 heterocycles. The number of carbonyl (C=O) groups excluding carboxylic acids is 2. The van der Waals surface area contributed by atoms with Crippen molar-refractivity contribution >= 4 is 29.1 Å². The lowest BCUT2D eigenvalue weighted by atomic mass is 9.93. The molecule has 108 valence electrons. The van der Waals surface area contributed by atoms with Gasteiger partial charge in [0, 0.05) is 12.6 Å². The van der Waals surface area contributed by atoms with E-state index in [4.69, 9.17) is 17.3 Å². The first-order chi connectivity index (χ1) is 9.15. The second-order valence-electron chi connectivity index (χ2n) is 4.72. The zero-order valence-corrected chi connectivity index (χ0v) is 11.6. The number of rotatable bonds is 5. The maximum atomic E-state index is 11.9. The molecule has 0 aromatic carbocycles. The molecule has 0 fully saturated rings. The first-order valence-corrected chi connectivity index (χ1v) is 5.91. The average Bonchev–Trinajstić information content (AvgIpc) is 2.36. The summed E-state index contributed by atoms with van der Waals surface area (Å²) in [7, 11) is 0. The van der Waals surface area contributed by atoms with Gasteiger partial charge in [-0.25, -0.2) is 4.98 Å². The van der Waals surface area contributed by atoms with E-state index in [1.54, 1.807) is 13.8 Å². The van der Waals surface area contributed by atoms with Gasteiger partial charge in [-0.1, -0.05) is 11.6 Å². The topological polar surface area (TPSA) is 128 Å². The smallest absolute Gasteiger partial charge is 0.288 e. The molecule has 0 bridgehead atoms. The Bertz CT molecular complexity index is 574. The predicted molar refractivity (Wildman–Crippen MR) is 71.2 cm³/mol. The molecular weight excluding hydrogens is 288 g/mol. The molecule has 1 aromatic heterocycles. The van der Waals surface area contributed by atoms with Crippen molar-refractivity contribution in [3.05, 3.63) is 33.1 Å². The Morgan fingerprint density at radius 1 is 1.55 bits per heavy atom. The SMILES string of the molecule is CC(C)(CNC(=O)c1cc([N+](=O)[O-])cnc1Cl)C(N)=O. The van der Waals surface area contributed by atoms with Gasteiger partial charge in [-0.3, -0.25) is 19.7 Å². The van der Waals surface area contributed by atoms with Crippen LogP contribution < -0.4 is 11.1 Å². The third kappa shape index (κ3) is 3.64. The number of pyridine rings is 1. The molecular formula is C11H13ClN4O4. The van der Waals surface area contributed by atoms with Crippen LogP contribution in [0.5, 0.6) is 0 Å². The highest BCUT2D eigenvalue weighted by Gasteiger charge is 2.26. The quantitative estimate of drug-likeness (QED) is 0.474. The fraction of sp³-hybridized carbons (Fsp3) is 0.364. The molecule has 2 amide bonds. The number of nitrogens with two attached hydrogens (primary N) is 1. The summed E-state index contributed by atoms with van der Waals surface area (Å²) >= 11 is 5.72. The van der Waals surface area contributed by atoms with Crippen LogP contribution >= 0.6 is 11.6 Å². The van der Waals surface area contributed by atoms with E-state index in [0.717, 1.165) is 12.3 Å². The third-order valence-electron chi connectivity index (χ3n) is 2.64. The van der Waals surface area contributed by atoms with Gasteiger partial charge < -0.3 is 11.1 Å². The molecule has 0 radical (unpaired) electrons. The molecule has 0 aliphatic rings. The van der Waals surface area contributed by atoms with E-state index in [2.05, 4.69) is 10.3 Å². The number of hydrogen-bond acceptors (Lipinski definition) is 5. The van der Waals surface area contributed by atoms with Crippen molar-refractivity contribution < 1.29 is 14.5 Å². The summed E-state index contributed by atoms with van der Waals surface area (Å²) in [6.07, 6.45) is 0.951. The van der Waals surface area contributed by atoms with E-state index in [1.807, 2.05) is 0 Å². The second-order valence-corrected chi connectivity index (χ2v) is 5.08. The van der Waals surface area contributed by atoms with Crippen LogP contribution in [-0.2, 0) is 4.79 Å². The molecule has 0 spiro atoms. The number of hydrogen-bond donors (Lipinski definition) is 2. The van der Waals surface area contributed by atoms with Crippen LogP contribution in [0.25, 0.3) is 0 Å². The molecule has 20 heavy (non-hydrogen) atoms. The molecule has 3 N–H and O–H groups in total. The van der Waals surface area contributed by atoms with Crippen LogP contribution in [0.2, 0.25) is 5.15 Å². The molecule has 0 unspecified atom stereocenters. The summed E-state index contributed by atoms with van der Waals surface area (Å²) in [4.78, 5) is 36.5. The Morgan fingerprint density at radius 2 is 2.15 bits per heavy atom. The molecule has 0 aliphatic heterocycles. The van der Waals surface area contributed by atoms with Crippen LogP contribution in [0.15, 0.2) is 12.3 Å². The van der Waals surface area contributed by atoms with Crippen LogP contribution in [0, 0.1) is 15.5 Å². The van der Waals surface area contributed by atoms with Crippen molar-refractivity contribution in [1.82, 2.24) is 10.3 Å². The van der Waals surface area contributed by atoms with Crippen LogP contribution in [0.3, 0.4) is 0 Å². The summed E-state index contributed by atoms with van der Waals surface area (Å²) in [6.45, 7) is 3.09. The van der Waals surface area contributed by atoms with Gasteiger partial charge in [-0.2, -0.15) is 0 Å². The number of halogens is 1. The number of carbonyl (C=O) groups is 2. The van der Waals surface area contributed by atoms with Crippen molar-refractivity contribution in [2.45, 2.75) is 13.8 Å². The Kier molecular flexibility index (Phi) is 4.61. The molecule has 0 saturated carbocycles. The molecule has 0 aliphatic carbocycles. The van der Waals surface area contributed by atoms with E-state index in [-0.39, 0.29) is 22.9 Å². The number of nitro groups is 1. The first-order valence-electron chi connectivity index (χ1n) is 5.53. The van der Waals surface area contributed by atoms with Gasteiger partial charge >= 0.3 is 0 Å². The summed E-state index contributed by atoms with van der Waals surface area (Å²) in [5.74, 6) is -1.25. The molecule has 1 aromatic rings. The number of aromatic nitrogens is 1. The molecule has 1 rings (SSSR count). The average molecular weight is 301 g/mol. The minimum atomic E-state index is -0.948. The molecule has 0 atom stereocenters. The highest BCUT2D eigenvalue weighted by atomic mass is 35.5. The minimum absolute atomic E-state index is 0.0276. The Balaban J connectivity index is 2.90. The van der Waals surface area contributed by atoms with E-state index < -0.39 is 22.2 Å². The van der Waals surface area contributed by atoms with Gasteiger partial charge in [0.2, 0.25) is 5.91 Å². The second kappa shape index (κ2) is 5.83. The fourth-order valence-corrected chi connectivity index (χ4v) is 1.37. The maximum absolute atomic E-state index is 11.9. The summed E-state index contributed by atoms with van der Waals surface area (Å²) in [5, 5.41) is 12.9. The molecule has 0 saturated heterocycles. The zero-order valence-electron chi connectivity index (χ0n) is 10.8. The maximum Gasteiger partial charge on any atom is 0.288 e. The standard InChI is InChI=1S/C11H13ClN4O4/c1-11(2,10(13)18)5-15-9(17)7-3-6(16(19)20)4-14-8(7)12/h3-4H,5H2,1-2H3,(H2,13,18)(H,15,17). The monoisotopic (exact) mass is 300 g/mol. The number of nitrogens with zero attached hydrogens (tertiary/aromatic N) is 2. The largest absolute Gasteiger partial charge is 0.369 e. The highest BCUT2D eigenvalue weighted by molar-refractivity contribution is 6.32. The van der Waals surface area contributed by atoms with Crippen LogP contribution in [0.1, 0.15) is 24.2 Å². The van der Waals surface area contributed by atoms with Gasteiger partial charge in [0.1, 0.15) is 11.3 Å². The lowest BCUT2D eigenvalue weighted by Gasteiger charge is -2.20. The Hall–Kier alpha value is -2.22. The van der Waals surface area contributed by atoms with Gasteiger partial charge in [-0.15, -0.1) is 0 Å². The molecule has 8 nitrogen and oxygen atoms in total. The summed E-state index contributed by atoms with van der Waals surface area (Å²) in [6, 6.07) is 1.02. The Morgan fingerprint density at radius 3 is 2.65 bits per heavy atom. The predicted octanol–water partition coefficient (Wildman–Crippen LogP) is 0.885. The normalized spacial score (nSPS) is 10.9. The van der Waals surface area contributed by atoms with Crippen molar-refractivity contribution in [3.63, 3.8) is 0 Å². The Labute approximate surface area is 119 Å². The minimum Gasteiger partial charge on any atom is -0.369 e. The van der Waals surface area contributed by atoms with E-state index in [0.29, 0.717) is 0 Å². The van der Waals surface area contributed by atoms with Gasteiger partial charge in [-0.05, 0) is 13.8 Å². The molecule has 9 heteroatoms. The van der Waals surface area contributed by atoms with E-state index in [9.17, 15) is 19.7 Å². The van der Waals surface area contributed by atoms with E-state index in [1.165, 1.54) is 0 Å². The van der Waals surface area contributed by atoms with Crippen molar-refractivity contribution in [1.29, 1.82) is 0 Å². The van der Waals surface area contributed by atoms with Crippen molar-refractivity contribution in [2.24, 2.45) is 11.1 Å². The van der Waals surface area contributed by atoms with Gasteiger partial charge in [0.05, 0.1) is 15.9 Å². The fourth-order valence-electron chi connectivity index (χ4n) is 1.18. The number of primary amides is 1. The van der Waals surface area contributed by atoms with Gasteiger partial charge in [0.15, 0.2) is 0 Å². The summed E-state index contributed by atoms with van der Waals surface area (Å²) in [5.41, 5.74) is 3.73. The van der Waals surface area contributed by atoms with Crippen molar-refractivity contribution in [2.75, 3.05) is 6.54 Å². The third-order valence-corrected chi connectivity index (χ3v) is 2.94. The van der Waals surface area contributed by atoms with Crippen LogP contribution in [-0.4, -0.2) is 28.3 Å². The lowest BCUT2D eigenvalue weighted by Crippen LogP contribution is -2.42. The summed E-state index contributed by atoms with van der Waals surface area (Å²) < 4.78 is 0. The number of amides is 2. The lowest BCUT2D eigenvalue weighted by molar-refractivity contribution is -0.385. The highest BCUT2D eigenvalue weighted by Crippen LogP contribution is 2.19. The zero-order chi connectivity index (χ0) is 15.5. The van der Waals surface area contributed by atoms with Crippen molar-refractivity contribution in [3.8, 4) is 0 Å². The number of nitrogens with one attached hydrogen (secondary N) is 1.